The molecule has 5 rings (SSSR count). The Labute approximate surface area is 274 Å². The first kappa shape index (κ1) is 33.9. The second kappa shape index (κ2) is 12.3. The number of benzene rings is 1. The fourth-order valence-corrected chi connectivity index (χ4v) is 5.93. The monoisotopic (exact) mass is 645 g/mol. The van der Waals surface area contributed by atoms with Crippen molar-refractivity contribution in [2.24, 2.45) is 0 Å². The van der Waals surface area contributed by atoms with E-state index in [0.717, 1.165) is 22.3 Å². The molecule has 12 nitrogen and oxygen atoms in total. The maximum absolute atomic E-state index is 13.5. The highest BCUT2D eigenvalue weighted by atomic mass is 16.6. The first-order chi connectivity index (χ1) is 21.9. The van der Waals surface area contributed by atoms with Gasteiger partial charge in [-0.2, -0.15) is 5.26 Å². The topological polar surface area (TPSA) is 147 Å². The van der Waals surface area contributed by atoms with E-state index in [2.05, 4.69) is 11.1 Å². The Morgan fingerprint density at radius 1 is 0.979 bits per heavy atom. The van der Waals surface area contributed by atoms with E-state index in [1.54, 1.807) is 36.8 Å². The summed E-state index contributed by atoms with van der Waals surface area (Å²) in [6.07, 6.45) is 2.50. The van der Waals surface area contributed by atoms with Gasteiger partial charge < -0.3 is 24.2 Å². The zero-order chi connectivity index (χ0) is 34.5. The van der Waals surface area contributed by atoms with Gasteiger partial charge in [-0.1, -0.05) is 6.07 Å². The van der Waals surface area contributed by atoms with E-state index in [4.69, 9.17) is 14.2 Å². The smallest absolute Gasteiger partial charge is 0.420 e. The van der Waals surface area contributed by atoms with Gasteiger partial charge in [0.25, 0.3) is 5.91 Å². The SMILES string of the molecule is CC(C)(C)OC(=O)N1CCOC[C@H]1c1cc(-c2cnc3c(c2)c(C#N)cn3C(=O)OC(C)(C)C)cc2c1CN(C(=O)C(C)(C)O)CC2. The summed E-state index contributed by atoms with van der Waals surface area (Å²) in [5, 5.41) is 20.9. The number of nitriles is 1. The van der Waals surface area contributed by atoms with Crippen LogP contribution in [0.4, 0.5) is 9.59 Å². The number of nitrogens with zero attached hydrogens (tertiary/aromatic N) is 5. The molecule has 0 bridgehead atoms. The van der Waals surface area contributed by atoms with Gasteiger partial charge in [0.2, 0.25) is 0 Å². The van der Waals surface area contributed by atoms with Gasteiger partial charge >= 0.3 is 12.2 Å². The van der Waals surface area contributed by atoms with Crippen molar-refractivity contribution in [3.63, 3.8) is 0 Å². The van der Waals surface area contributed by atoms with Crippen LogP contribution in [-0.4, -0.2) is 85.7 Å². The third kappa shape index (κ3) is 7.26. The molecular formula is C35H43N5O7. The zero-order valence-electron chi connectivity index (χ0n) is 28.3. The minimum atomic E-state index is -1.54. The molecule has 0 unspecified atom stereocenters. The molecule has 1 saturated heterocycles. The minimum absolute atomic E-state index is 0.225. The van der Waals surface area contributed by atoms with Crippen LogP contribution in [0.15, 0.2) is 30.6 Å². The first-order valence-electron chi connectivity index (χ1n) is 15.8. The summed E-state index contributed by atoms with van der Waals surface area (Å²) in [7, 11) is 0. The minimum Gasteiger partial charge on any atom is -0.444 e. The van der Waals surface area contributed by atoms with Crippen LogP contribution in [0.1, 0.15) is 83.7 Å². The van der Waals surface area contributed by atoms with Gasteiger partial charge in [0.15, 0.2) is 5.65 Å². The number of hydrogen-bond donors (Lipinski definition) is 1. The van der Waals surface area contributed by atoms with Crippen LogP contribution >= 0.6 is 0 Å². The Morgan fingerprint density at radius 2 is 1.66 bits per heavy atom. The number of morpholine rings is 1. The number of pyridine rings is 1. The lowest BCUT2D eigenvalue weighted by atomic mass is 9.86. The molecular weight excluding hydrogens is 602 g/mol. The lowest BCUT2D eigenvalue weighted by Gasteiger charge is -2.40. The Hall–Kier alpha value is -4.47. The molecule has 2 aromatic heterocycles. The highest BCUT2D eigenvalue weighted by Gasteiger charge is 2.37. The number of amides is 2. The molecule has 12 heteroatoms. The number of carbonyl (C=O) groups is 3. The van der Waals surface area contributed by atoms with Crippen LogP contribution in [0.25, 0.3) is 22.2 Å². The van der Waals surface area contributed by atoms with Crippen molar-refractivity contribution >= 4 is 29.1 Å². The third-order valence-corrected chi connectivity index (χ3v) is 7.99. The predicted molar refractivity (Wildman–Crippen MR) is 173 cm³/mol. The average molecular weight is 646 g/mol. The van der Waals surface area contributed by atoms with Crippen molar-refractivity contribution in [2.75, 3.05) is 26.3 Å². The molecule has 1 N–H and O–H groups in total. The second-order valence-corrected chi connectivity index (χ2v) is 14.6. The van der Waals surface area contributed by atoms with E-state index in [1.807, 2.05) is 39.0 Å². The third-order valence-electron chi connectivity index (χ3n) is 7.99. The number of fused-ring (bicyclic) bond motifs is 2. The fraction of sp³-hybridized carbons (Fsp3) is 0.514. The Morgan fingerprint density at radius 3 is 2.30 bits per heavy atom. The molecule has 2 aliphatic heterocycles. The van der Waals surface area contributed by atoms with Crippen molar-refractivity contribution in [3.05, 3.63) is 52.8 Å². The first-order valence-corrected chi connectivity index (χ1v) is 15.8. The van der Waals surface area contributed by atoms with Crippen molar-refractivity contribution in [1.82, 2.24) is 19.4 Å². The zero-order valence-corrected chi connectivity index (χ0v) is 28.3. The van der Waals surface area contributed by atoms with E-state index in [9.17, 15) is 24.8 Å². The standard InChI is InChI=1S/C35H43N5O7/c1-33(2,3)46-31(42)39-11-12-45-20-28(39)26-14-22(13-21-9-10-38(19-27(21)26)30(41)35(7,8)44)23-15-25-24(16-36)18-40(29(25)37-17-23)32(43)47-34(4,5)6/h13-15,17-18,28,44H,9-12,19-20H2,1-8H3/t28-/m0/s1. The molecule has 3 aromatic rings. The van der Waals surface area contributed by atoms with Gasteiger partial charge in [-0.25, -0.2) is 19.1 Å². The van der Waals surface area contributed by atoms with Crippen LogP contribution in [0, 0.1) is 11.3 Å². The lowest BCUT2D eigenvalue weighted by molar-refractivity contribution is -0.148. The second-order valence-electron chi connectivity index (χ2n) is 14.6. The molecule has 2 aliphatic rings. The summed E-state index contributed by atoms with van der Waals surface area (Å²) in [5.41, 5.74) is 1.76. The van der Waals surface area contributed by atoms with Gasteiger partial charge in [0, 0.05) is 43.0 Å². The summed E-state index contributed by atoms with van der Waals surface area (Å²) < 4.78 is 18.4. The van der Waals surface area contributed by atoms with Crippen LogP contribution in [0.2, 0.25) is 0 Å². The van der Waals surface area contributed by atoms with Crippen molar-refractivity contribution in [2.45, 2.75) is 91.2 Å². The van der Waals surface area contributed by atoms with Crippen LogP contribution < -0.4 is 0 Å². The Balaban J connectivity index is 1.63. The summed E-state index contributed by atoms with van der Waals surface area (Å²) in [5.74, 6) is -0.379. The predicted octanol–water partition coefficient (Wildman–Crippen LogP) is 5.32. The van der Waals surface area contributed by atoms with E-state index in [0.29, 0.717) is 42.7 Å². The normalized spacial score (nSPS) is 17.2. The summed E-state index contributed by atoms with van der Waals surface area (Å²) in [6.45, 7) is 15.3. The lowest BCUT2D eigenvalue weighted by Crippen LogP contribution is -2.48. The molecule has 0 radical (unpaired) electrons. The van der Waals surface area contributed by atoms with E-state index in [1.165, 1.54) is 24.6 Å². The van der Waals surface area contributed by atoms with Gasteiger partial charge in [-0.05, 0) is 96.2 Å². The molecule has 0 saturated carbocycles. The van der Waals surface area contributed by atoms with Crippen molar-refractivity contribution in [3.8, 4) is 17.2 Å². The average Bonchev–Trinajstić information content (AvgIpc) is 3.36. The van der Waals surface area contributed by atoms with Gasteiger partial charge in [0.05, 0.1) is 24.8 Å². The van der Waals surface area contributed by atoms with Crippen LogP contribution in [-0.2, 0) is 32.0 Å². The van der Waals surface area contributed by atoms with E-state index in [-0.39, 0.29) is 24.6 Å². The van der Waals surface area contributed by atoms with Crippen LogP contribution in [0.5, 0.6) is 0 Å². The molecule has 2 amide bonds. The highest BCUT2D eigenvalue weighted by Crippen LogP contribution is 2.38. The number of ether oxygens (including phenoxy) is 3. The maximum atomic E-state index is 13.5. The van der Waals surface area contributed by atoms with Crippen molar-refractivity contribution in [1.29, 1.82) is 5.26 Å². The number of carbonyl (C=O) groups excluding carboxylic acids is 3. The molecule has 1 atom stereocenters. The van der Waals surface area contributed by atoms with E-state index >= 15 is 0 Å². The summed E-state index contributed by atoms with van der Waals surface area (Å²) in [6, 6.07) is 7.47. The van der Waals surface area contributed by atoms with Crippen LogP contribution in [0.3, 0.4) is 0 Å². The molecule has 4 heterocycles. The highest BCUT2D eigenvalue weighted by molar-refractivity contribution is 5.93. The van der Waals surface area contributed by atoms with Crippen molar-refractivity contribution < 1.29 is 33.7 Å². The molecule has 47 heavy (non-hydrogen) atoms. The molecule has 1 aromatic carbocycles. The Bertz CT molecular complexity index is 1770. The van der Waals surface area contributed by atoms with Gasteiger partial charge in [0.1, 0.15) is 22.9 Å². The number of aromatic nitrogens is 2. The maximum Gasteiger partial charge on any atom is 0.420 e. The number of aliphatic hydroxyl groups is 1. The molecule has 0 spiro atoms. The van der Waals surface area contributed by atoms with Gasteiger partial charge in [-0.3, -0.25) is 9.69 Å². The Kier molecular flexibility index (Phi) is 8.85. The largest absolute Gasteiger partial charge is 0.444 e. The number of hydrogen-bond acceptors (Lipinski definition) is 9. The van der Waals surface area contributed by atoms with E-state index < -0.39 is 35.0 Å². The summed E-state index contributed by atoms with van der Waals surface area (Å²) >= 11 is 0. The molecule has 0 aliphatic carbocycles. The fourth-order valence-electron chi connectivity index (χ4n) is 5.93. The molecule has 1 fully saturated rings. The van der Waals surface area contributed by atoms with Gasteiger partial charge in [-0.15, -0.1) is 0 Å². The summed E-state index contributed by atoms with van der Waals surface area (Å²) in [4.78, 5) is 47.4. The molecule has 250 valence electrons. The number of rotatable bonds is 3. The quantitative estimate of drug-likeness (QED) is 0.400.